The van der Waals surface area contributed by atoms with Gasteiger partial charge in [0.25, 0.3) is 0 Å². The van der Waals surface area contributed by atoms with Crippen LogP contribution in [0.15, 0.2) is 23.1 Å². The number of nitrogens with one attached hydrogen (secondary N) is 1. The molecule has 0 saturated heterocycles. The lowest BCUT2D eigenvalue weighted by Gasteiger charge is -2.26. The summed E-state index contributed by atoms with van der Waals surface area (Å²) in [6.45, 7) is 0. The highest BCUT2D eigenvalue weighted by Gasteiger charge is 2.18. The van der Waals surface area contributed by atoms with Crippen LogP contribution in [-0.4, -0.2) is 18.9 Å². The molecule has 84 valence electrons. The van der Waals surface area contributed by atoms with Crippen LogP contribution in [0.2, 0.25) is 0 Å². The summed E-state index contributed by atoms with van der Waals surface area (Å²) in [5.74, 6) is 1.91. The van der Waals surface area contributed by atoms with Crippen molar-refractivity contribution in [2.75, 3.05) is 18.2 Å². The number of hydrogen-bond donors (Lipinski definition) is 1. The molecule has 0 radical (unpaired) electrons. The van der Waals surface area contributed by atoms with E-state index in [9.17, 15) is 0 Å². The van der Waals surface area contributed by atoms with Crippen molar-refractivity contribution in [1.82, 2.24) is 0 Å². The number of nitrogens with zero attached hydrogens (tertiary/aromatic N) is 1. The molecule has 0 saturated carbocycles. The molecule has 0 spiro atoms. The maximum Gasteiger partial charge on any atom is 0.120 e. The van der Waals surface area contributed by atoms with E-state index in [0.717, 1.165) is 23.6 Å². The van der Waals surface area contributed by atoms with Crippen molar-refractivity contribution in [1.29, 1.82) is 5.26 Å². The Balaban J connectivity index is 2.07. The maximum atomic E-state index is 8.56. The zero-order valence-electron chi connectivity index (χ0n) is 9.19. The quantitative estimate of drug-likeness (QED) is 0.873. The summed E-state index contributed by atoms with van der Waals surface area (Å²) in [6.07, 6.45) is 1.53. The van der Waals surface area contributed by atoms with Gasteiger partial charge in [-0.1, -0.05) is 0 Å². The summed E-state index contributed by atoms with van der Waals surface area (Å²) in [5, 5.41) is 12.0. The highest BCUT2D eigenvalue weighted by Crippen LogP contribution is 2.36. The Labute approximate surface area is 99.8 Å². The molecule has 0 amide bonds. The van der Waals surface area contributed by atoms with Gasteiger partial charge in [0.05, 0.1) is 13.2 Å². The fourth-order valence-electron chi connectivity index (χ4n) is 1.71. The van der Waals surface area contributed by atoms with E-state index in [1.165, 1.54) is 4.90 Å². The largest absolute Gasteiger partial charge is 0.497 e. The van der Waals surface area contributed by atoms with Crippen molar-refractivity contribution in [2.45, 2.75) is 23.8 Å². The van der Waals surface area contributed by atoms with Gasteiger partial charge in [0.1, 0.15) is 5.75 Å². The van der Waals surface area contributed by atoms with Crippen LogP contribution in [0.5, 0.6) is 5.75 Å². The van der Waals surface area contributed by atoms with Gasteiger partial charge in [-0.15, -0.1) is 11.8 Å². The molecule has 3 nitrogen and oxygen atoms in total. The minimum absolute atomic E-state index is 0.408. The molecular weight excluding hydrogens is 220 g/mol. The lowest BCUT2D eigenvalue weighted by atomic mass is 10.1. The van der Waals surface area contributed by atoms with Gasteiger partial charge in [-0.25, -0.2) is 0 Å². The van der Waals surface area contributed by atoms with Gasteiger partial charge >= 0.3 is 0 Å². The van der Waals surface area contributed by atoms with E-state index < -0.39 is 0 Å². The zero-order chi connectivity index (χ0) is 11.4. The SMILES string of the molecule is COc1ccc2c(c1)SCC(CCC#N)N2. The van der Waals surface area contributed by atoms with Gasteiger partial charge in [0.2, 0.25) is 0 Å². The molecule has 1 aliphatic rings. The van der Waals surface area contributed by atoms with E-state index in [0.29, 0.717) is 12.5 Å². The Kier molecular flexibility index (Phi) is 3.58. The molecule has 1 aromatic rings. The lowest BCUT2D eigenvalue weighted by molar-refractivity contribution is 0.413. The Hall–Kier alpha value is -1.34. The van der Waals surface area contributed by atoms with Gasteiger partial charge in [0, 0.05) is 28.8 Å². The van der Waals surface area contributed by atoms with Crippen molar-refractivity contribution < 1.29 is 4.74 Å². The molecule has 1 atom stereocenters. The number of benzene rings is 1. The lowest BCUT2D eigenvalue weighted by Crippen LogP contribution is -2.25. The minimum atomic E-state index is 0.408. The van der Waals surface area contributed by atoms with Crippen LogP contribution in [0.3, 0.4) is 0 Å². The highest BCUT2D eigenvalue weighted by molar-refractivity contribution is 7.99. The van der Waals surface area contributed by atoms with E-state index >= 15 is 0 Å². The second-order valence-corrected chi connectivity index (χ2v) is 4.77. The standard InChI is InChI=1S/C12H14N2OS/c1-15-10-4-5-11-12(7-10)16-8-9(14-11)3-2-6-13/h4-5,7,9,14H,2-3,8H2,1H3. The van der Waals surface area contributed by atoms with Crippen molar-refractivity contribution in [3.8, 4) is 11.8 Å². The van der Waals surface area contributed by atoms with E-state index in [1.54, 1.807) is 7.11 Å². The first-order valence-electron chi connectivity index (χ1n) is 5.28. The first-order chi connectivity index (χ1) is 7.83. The Bertz CT molecular complexity index is 414. The normalized spacial score (nSPS) is 18.1. The van der Waals surface area contributed by atoms with E-state index in [-0.39, 0.29) is 0 Å². The van der Waals surface area contributed by atoms with Crippen LogP contribution < -0.4 is 10.1 Å². The van der Waals surface area contributed by atoms with Gasteiger partial charge in [-0.2, -0.15) is 5.26 Å². The first-order valence-corrected chi connectivity index (χ1v) is 6.26. The molecule has 16 heavy (non-hydrogen) atoms. The highest BCUT2D eigenvalue weighted by atomic mass is 32.2. The number of thioether (sulfide) groups is 1. The fraction of sp³-hybridized carbons (Fsp3) is 0.417. The first kappa shape index (κ1) is 11.2. The number of ether oxygens (including phenoxy) is 1. The zero-order valence-corrected chi connectivity index (χ0v) is 10.0. The van der Waals surface area contributed by atoms with E-state index in [1.807, 2.05) is 30.0 Å². The van der Waals surface area contributed by atoms with E-state index in [2.05, 4.69) is 11.4 Å². The molecule has 4 heteroatoms. The summed E-state index contributed by atoms with van der Waals surface area (Å²) in [6, 6.07) is 8.64. The topological polar surface area (TPSA) is 45.0 Å². The molecule has 1 aliphatic heterocycles. The van der Waals surface area contributed by atoms with Gasteiger partial charge in [-0.3, -0.25) is 0 Å². The number of methoxy groups -OCH3 is 1. The minimum Gasteiger partial charge on any atom is -0.497 e. The van der Waals surface area contributed by atoms with Crippen LogP contribution in [0.1, 0.15) is 12.8 Å². The molecule has 1 unspecified atom stereocenters. The molecule has 0 fully saturated rings. The van der Waals surface area contributed by atoms with Crippen LogP contribution >= 0.6 is 11.8 Å². The van der Waals surface area contributed by atoms with Crippen molar-refractivity contribution in [3.05, 3.63) is 18.2 Å². The molecular formula is C12H14N2OS. The average Bonchev–Trinajstić information content (AvgIpc) is 2.35. The van der Waals surface area contributed by atoms with Crippen molar-refractivity contribution in [3.63, 3.8) is 0 Å². The third-order valence-electron chi connectivity index (χ3n) is 2.59. The van der Waals surface area contributed by atoms with Gasteiger partial charge in [-0.05, 0) is 24.6 Å². The van der Waals surface area contributed by atoms with Crippen molar-refractivity contribution >= 4 is 17.4 Å². The maximum absolute atomic E-state index is 8.56. The predicted octanol–water partition coefficient (Wildman–Crippen LogP) is 2.89. The van der Waals surface area contributed by atoms with Crippen LogP contribution in [-0.2, 0) is 0 Å². The molecule has 1 heterocycles. The fourth-order valence-corrected chi connectivity index (χ4v) is 2.83. The predicted molar refractivity (Wildman–Crippen MR) is 66.0 cm³/mol. The number of anilines is 1. The molecule has 0 aromatic heterocycles. The molecule has 2 rings (SSSR count). The van der Waals surface area contributed by atoms with Crippen molar-refractivity contribution in [2.24, 2.45) is 0 Å². The Morgan fingerprint density at radius 2 is 2.50 bits per heavy atom. The summed E-state index contributed by atoms with van der Waals surface area (Å²) < 4.78 is 5.19. The molecule has 1 aromatic carbocycles. The number of nitriles is 1. The Morgan fingerprint density at radius 3 is 3.25 bits per heavy atom. The number of rotatable bonds is 3. The summed E-state index contributed by atoms with van der Waals surface area (Å²) >= 11 is 1.82. The summed E-state index contributed by atoms with van der Waals surface area (Å²) in [5.41, 5.74) is 1.15. The van der Waals surface area contributed by atoms with Crippen LogP contribution in [0, 0.1) is 11.3 Å². The number of hydrogen-bond acceptors (Lipinski definition) is 4. The second kappa shape index (κ2) is 5.13. The van der Waals surface area contributed by atoms with E-state index in [4.69, 9.17) is 10.00 Å². The third kappa shape index (κ3) is 2.42. The van der Waals surface area contributed by atoms with Crippen LogP contribution in [0.4, 0.5) is 5.69 Å². The average molecular weight is 234 g/mol. The smallest absolute Gasteiger partial charge is 0.120 e. The summed E-state index contributed by atoms with van der Waals surface area (Å²) in [4.78, 5) is 1.23. The number of fused-ring (bicyclic) bond motifs is 1. The van der Waals surface area contributed by atoms with Gasteiger partial charge in [0.15, 0.2) is 0 Å². The molecule has 1 N–H and O–H groups in total. The molecule has 0 bridgehead atoms. The van der Waals surface area contributed by atoms with Crippen LogP contribution in [0.25, 0.3) is 0 Å². The monoisotopic (exact) mass is 234 g/mol. The van der Waals surface area contributed by atoms with Gasteiger partial charge < -0.3 is 10.1 Å². The Morgan fingerprint density at radius 1 is 1.62 bits per heavy atom. The summed E-state index contributed by atoms with van der Waals surface area (Å²) in [7, 11) is 1.68. The molecule has 0 aliphatic carbocycles. The third-order valence-corrected chi connectivity index (χ3v) is 3.81. The second-order valence-electron chi connectivity index (χ2n) is 3.71.